The summed E-state index contributed by atoms with van der Waals surface area (Å²) >= 11 is 3.64. The van der Waals surface area contributed by atoms with E-state index in [0.29, 0.717) is 0 Å². The third-order valence-electron chi connectivity index (χ3n) is 1.50. The third kappa shape index (κ3) is 13.7. The SMILES string of the molecule is [Cl-].[Cl-].[Cl-].[Cl-].[Nb+2][C]1=CC=CC1.[Nb+2][C]1=CC=CC1. The van der Waals surface area contributed by atoms with Gasteiger partial charge >= 0.3 is 99.0 Å². The minimum atomic E-state index is 0. The van der Waals surface area contributed by atoms with E-state index >= 15 is 0 Å². The molecule has 0 radical (unpaired) electrons. The van der Waals surface area contributed by atoms with Gasteiger partial charge in [0, 0.05) is 0 Å². The summed E-state index contributed by atoms with van der Waals surface area (Å²) in [5.74, 6) is 0. The number of hydrogen-bond acceptors (Lipinski definition) is 0. The van der Waals surface area contributed by atoms with E-state index in [2.05, 4.69) is 36.5 Å². The Morgan fingerprint density at radius 3 is 1.06 bits per heavy atom. The summed E-state index contributed by atoms with van der Waals surface area (Å²) in [6.07, 6.45) is 15.3. The molecule has 0 spiro atoms. The van der Waals surface area contributed by atoms with Gasteiger partial charge in [0.05, 0.1) is 0 Å². The maximum atomic E-state index is 2.17. The van der Waals surface area contributed by atoms with Crippen molar-refractivity contribution >= 4 is 0 Å². The second kappa shape index (κ2) is 16.6. The van der Waals surface area contributed by atoms with Gasteiger partial charge in [0.15, 0.2) is 0 Å². The van der Waals surface area contributed by atoms with E-state index < -0.39 is 0 Å². The van der Waals surface area contributed by atoms with E-state index in [0.717, 1.165) is 0 Å². The van der Waals surface area contributed by atoms with E-state index in [1.807, 2.05) is 42.1 Å². The first-order chi connectivity index (χ1) is 5.79. The van der Waals surface area contributed by atoms with Crippen LogP contribution in [-0.4, -0.2) is 0 Å². The Balaban J connectivity index is -0.0000000720. The van der Waals surface area contributed by atoms with Crippen molar-refractivity contribution in [1.29, 1.82) is 0 Å². The summed E-state index contributed by atoms with van der Waals surface area (Å²) in [4.78, 5) is 0. The van der Waals surface area contributed by atoms with Crippen LogP contribution < -0.4 is 49.6 Å². The molecule has 0 fully saturated rings. The molecule has 0 heterocycles. The molecule has 0 saturated carbocycles. The van der Waals surface area contributed by atoms with Gasteiger partial charge in [-0.25, -0.2) is 0 Å². The first kappa shape index (κ1) is 26.2. The Labute approximate surface area is 147 Å². The molecule has 2 rings (SSSR count). The van der Waals surface area contributed by atoms with Crippen LogP contribution in [0.2, 0.25) is 0 Å². The van der Waals surface area contributed by atoms with Gasteiger partial charge in [-0.05, 0) is 0 Å². The van der Waals surface area contributed by atoms with Gasteiger partial charge in [-0.1, -0.05) is 0 Å². The van der Waals surface area contributed by atoms with Crippen molar-refractivity contribution in [2.75, 3.05) is 0 Å². The second-order valence-corrected chi connectivity index (χ2v) is 5.40. The summed E-state index contributed by atoms with van der Waals surface area (Å²) in [5, 5.41) is 0. The fourth-order valence-electron chi connectivity index (χ4n) is 0.872. The van der Waals surface area contributed by atoms with E-state index in [1.165, 1.54) is 20.4 Å². The van der Waals surface area contributed by atoms with Gasteiger partial charge in [-0.3, -0.25) is 0 Å². The molecule has 0 aromatic rings. The van der Waals surface area contributed by atoms with Crippen molar-refractivity contribution < 1.29 is 91.8 Å². The summed E-state index contributed by atoms with van der Waals surface area (Å²) < 4.78 is 3.04. The van der Waals surface area contributed by atoms with Crippen molar-refractivity contribution in [3.8, 4) is 0 Å². The molecule has 0 amide bonds. The van der Waals surface area contributed by atoms with Crippen LogP contribution in [0.5, 0.6) is 0 Å². The van der Waals surface area contributed by atoms with Gasteiger partial charge in [0.25, 0.3) is 0 Å². The first-order valence-electron chi connectivity index (χ1n) is 3.88. The van der Waals surface area contributed by atoms with Crippen LogP contribution >= 0.6 is 0 Å². The molecule has 2 aliphatic carbocycles. The number of rotatable bonds is 0. The molecule has 6 heteroatoms. The van der Waals surface area contributed by atoms with Gasteiger partial charge in [-0.2, -0.15) is 0 Å². The van der Waals surface area contributed by atoms with Crippen LogP contribution in [0.3, 0.4) is 0 Å². The summed E-state index contributed by atoms with van der Waals surface area (Å²) in [6.45, 7) is 0. The van der Waals surface area contributed by atoms with Crippen molar-refractivity contribution in [2.24, 2.45) is 0 Å². The molecule has 0 N–H and O–H groups in total. The molecule has 88 valence electrons. The standard InChI is InChI=1S/2C5H5.4ClH.2Nb/c2*1-2-4-5-3-1;;;;;;/h2*1-3H,4H2;4*1H;;/q;;;;;;2*+2/p-4. The Morgan fingerprint density at radius 2 is 1.00 bits per heavy atom. The van der Waals surface area contributed by atoms with E-state index in [-0.39, 0.29) is 49.6 Å². The first-order valence-corrected chi connectivity index (χ1v) is 6.08. The average molecular weight is 458 g/mol. The van der Waals surface area contributed by atoms with Gasteiger partial charge in [0.2, 0.25) is 0 Å². The van der Waals surface area contributed by atoms with Crippen LogP contribution in [0.4, 0.5) is 0 Å². The molecule has 0 nitrogen and oxygen atoms in total. The molecule has 0 aliphatic heterocycles. The molecule has 0 unspecified atom stereocenters. The van der Waals surface area contributed by atoms with Gasteiger partial charge in [-0.15, -0.1) is 0 Å². The predicted octanol–water partition coefficient (Wildman–Crippen LogP) is -9.23. The zero-order chi connectivity index (χ0) is 8.81. The molecular weight excluding hydrogens is 448 g/mol. The topological polar surface area (TPSA) is 0 Å². The molecule has 0 bridgehead atoms. The van der Waals surface area contributed by atoms with E-state index in [9.17, 15) is 0 Å². The van der Waals surface area contributed by atoms with Crippen LogP contribution in [0.25, 0.3) is 0 Å². The normalized spacial score (nSPS) is 13.6. The van der Waals surface area contributed by atoms with Crippen molar-refractivity contribution in [3.05, 3.63) is 44.0 Å². The summed E-state index contributed by atoms with van der Waals surface area (Å²) in [6, 6.07) is 0. The molecule has 2 aliphatic rings. The average Bonchev–Trinajstić information content (AvgIpc) is 2.63. The molecule has 0 aromatic heterocycles. The zero-order valence-electron chi connectivity index (χ0n) is 8.28. The fourth-order valence-corrected chi connectivity index (χ4v) is 1.81. The monoisotopic (exact) mass is 456 g/mol. The number of halogens is 4. The minimum absolute atomic E-state index is 0. The molecule has 0 saturated heterocycles. The Hall–Kier alpha value is 1.60. The van der Waals surface area contributed by atoms with Gasteiger partial charge in [0.1, 0.15) is 0 Å². The van der Waals surface area contributed by atoms with E-state index in [4.69, 9.17) is 0 Å². The molecule has 0 aromatic carbocycles. The van der Waals surface area contributed by atoms with Crippen LogP contribution in [0, 0.1) is 0 Å². The fraction of sp³-hybridized carbons (Fsp3) is 0.200. The third-order valence-corrected chi connectivity index (χ3v) is 3.13. The van der Waals surface area contributed by atoms with Crippen molar-refractivity contribution in [1.82, 2.24) is 0 Å². The quantitative estimate of drug-likeness (QED) is 0.317. The number of hydrogen-bond donors (Lipinski definition) is 0. The summed E-state index contributed by atoms with van der Waals surface area (Å²) in [7, 11) is 0. The number of allylic oxidation sites excluding steroid dienone is 8. The summed E-state index contributed by atoms with van der Waals surface area (Å²) in [5.41, 5.74) is 0. The molecule has 0 atom stereocenters. The maximum absolute atomic E-state index is 2.17. The van der Waals surface area contributed by atoms with Gasteiger partial charge < -0.3 is 49.6 Å². The predicted molar refractivity (Wildman–Crippen MR) is 43.7 cm³/mol. The Kier molecular flexibility index (Phi) is 27.2. The van der Waals surface area contributed by atoms with Crippen LogP contribution in [0.15, 0.2) is 44.0 Å². The Bertz CT molecular complexity index is 242. The zero-order valence-corrected chi connectivity index (χ0v) is 15.7. The van der Waals surface area contributed by atoms with Crippen LogP contribution in [0.1, 0.15) is 12.8 Å². The second-order valence-electron chi connectivity index (χ2n) is 2.58. The molecular formula is C10H10Cl4Nb2. The van der Waals surface area contributed by atoms with Crippen molar-refractivity contribution in [2.45, 2.75) is 12.8 Å². The molecule has 16 heavy (non-hydrogen) atoms. The Morgan fingerprint density at radius 1 is 0.688 bits per heavy atom. The van der Waals surface area contributed by atoms with Crippen molar-refractivity contribution in [3.63, 3.8) is 0 Å². The van der Waals surface area contributed by atoms with E-state index in [1.54, 1.807) is 0 Å². The van der Waals surface area contributed by atoms with Crippen LogP contribution in [-0.2, 0) is 42.1 Å².